The molecule has 0 fully saturated rings. The van der Waals surface area contributed by atoms with Crippen molar-refractivity contribution < 1.29 is 4.79 Å². The van der Waals surface area contributed by atoms with Crippen LogP contribution < -0.4 is 5.32 Å². The molecule has 1 atom stereocenters. The van der Waals surface area contributed by atoms with Gasteiger partial charge in [0.1, 0.15) is 12.1 Å². The number of hydrogen-bond acceptors (Lipinski definition) is 5. The summed E-state index contributed by atoms with van der Waals surface area (Å²) < 4.78 is 4.23. The molecule has 0 radical (unpaired) electrons. The van der Waals surface area contributed by atoms with E-state index in [0.717, 1.165) is 21.3 Å². The van der Waals surface area contributed by atoms with Gasteiger partial charge in [-0.05, 0) is 30.7 Å². The normalized spacial score (nSPS) is 16.4. The fraction of sp³-hybridized carbons (Fsp3) is 0.167. The van der Waals surface area contributed by atoms with Crippen molar-refractivity contribution in [1.82, 2.24) is 29.6 Å². The molecule has 4 heterocycles. The van der Waals surface area contributed by atoms with E-state index in [1.807, 2.05) is 43.3 Å². The molecule has 0 saturated carbocycles. The first kappa shape index (κ1) is 16.1. The van der Waals surface area contributed by atoms with Crippen molar-refractivity contribution in [2.24, 2.45) is 0 Å². The molecular formula is C18H14BrN7O. The third kappa shape index (κ3) is 2.54. The number of aromatic nitrogens is 6. The second-order valence-corrected chi connectivity index (χ2v) is 7.27. The summed E-state index contributed by atoms with van der Waals surface area (Å²) in [4.78, 5) is 12.5. The maximum Gasteiger partial charge on any atom is 0.226 e. The van der Waals surface area contributed by atoms with E-state index in [9.17, 15) is 4.79 Å². The third-order valence-corrected chi connectivity index (χ3v) is 5.47. The average molecular weight is 424 g/mol. The summed E-state index contributed by atoms with van der Waals surface area (Å²) in [5.41, 5.74) is 3.58. The van der Waals surface area contributed by atoms with Crippen LogP contribution in [-0.4, -0.2) is 35.5 Å². The molecule has 0 saturated heterocycles. The number of amides is 1. The van der Waals surface area contributed by atoms with Crippen LogP contribution in [0.1, 0.15) is 29.2 Å². The maximum atomic E-state index is 12.5. The van der Waals surface area contributed by atoms with Gasteiger partial charge in [0.05, 0.1) is 5.69 Å². The van der Waals surface area contributed by atoms with Gasteiger partial charge in [0, 0.05) is 22.4 Å². The third-order valence-electron chi connectivity index (χ3n) is 4.75. The first-order valence-electron chi connectivity index (χ1n) is 8.43. The summed E-state index contributed by atoms with van der Waals surface area (Å²) in [6.45, 7) is 1.95. The number of aryl methyl sites for hydroxylation is 1. The van der Waals surface area contributed by atoms with Gasteiger partial charge in [-0.25, -0.2) is 0 Å². The minimum Gasteiger partial charge on any atom is -0.310 e. The van der Waals surface area contributed by atoms with Crippen LogP contribution in [0.25, 0.3) is 11.5 Å². The lowest BCUT2D eigenvalue weighted by Gasteiger charge is -2.25. The Labute approximate surface area is 162 Å². The van der Waals surface area contributed by atoms with Gasteiger partial charge in [-0.2, -0.15) is 14.3 Å². The lowest BCUT2D eigenvalue weighted by atomic mass is 9.86. The highest BCUT2D eigenvalue weighted by Gasteiger charge is 2.33. The second kappa shape index (κ2) is 5.98. The first-order chi connectivity index (χ1) is 13.1. The van der Waals surface area contributed by atoms with E-state index in [0.29, 0.717) is 23.7 Å². The van der Waals surface area contributed by atoms with Crippen LogP contribution in [0.5, 0.6) is 0 Å². The zero-order chi connectivity index (χ0) is 18.5. The van der Waals surface area contributed by atoms with Crippen molar-refractivity contribution in [3.8, 4) is 5.82 Å². The number of anilines is 1. The highest BCUT2D eigenvalue weighted by atomic mass is 79.9. The van der Waals surface area contributed by atoms with Gasteiger partial charge in [0.25, 0.3) is 0 Å². The van der Waals surface area contributed by atoms with Crippen molar-refractivity contribution in [1.29, 1.82) is 0 Å². The maximum absolute atomic E-state index is 12.5. The largest absolute Gasteiger partial charge is 0.310 e. The quantitative estimate of drug-likeness (QED) is 0.535. The van der Waals surface area contributed by atoms with E-state index in [-0.39, 0.29) is 11.8 Å². The zero-order valence-electron chi connectivity index (χ0n) is 14.3. The van der Waals surface area contributed by atoms with E-state index in [1.165, 1.54) is 6.33 Å². The van der Waals surface area contributed by atoms with Crippen molar-refractivity contribution in [2.45, 2.75) is 19.3 Å². The van der Waals surface area contributed by atoms with Crippen LogP contribution in [0, 0.1) is 6.92 Å². The lowest BCUT2D eigenvalue weighted by molar-refractivity contribution is -0.116. The van der Waals surface area contributed by atoms with E-state index in [4.69, 9.17) is 0 Å². The average Bonchev–Trinajstić information content (AvgIpc) is 3.25. The molecule has 0 aliphatic carbocycles. The van der Waals surface area contributed by atoms with Crippen LogP contribution in [0.15, 0.2) is 47.2 Å². The molecule has 3 aromatic heterocycles. The number of nitrogens with one attached hydrogen (secondary N) is 1. The molecule has 1 aliphatic heterocycles. The zero-order valence-corrected chi connectivity index (χ0v) is 15.9. The lowest BCUT2D eigenvalue weighted by Crippen LogP contribution is -2.25. The monoisotopic (exact) mass is 423 g/mol. The molecule has 0 spiro atoms. The molecule has 1 aliphatic rings. The summed E-state index contributed by atoms with van der Waals surface area (Å²) in [6, 6.07) is 11.6. The number of carbonyl (C=O) groups is 1. The van der Waals surface area contributed by atoms with E-state index < -0.39 is 0 Å². The van der Waals surface area contributed by atoms with Gasteiger partial charge in [0.15, 0.2) is 11.5 Å². The highest BCUT2D eigenvalue weighted by molar-refractivity contribution is 9.10. The van der Waals surface area contributed by atoms with Crippen molar-refractivity contribution in [2.75, 3.05) is 5.32 Å². The fourth-order valence-electron chi connectivity index (χ4n) is 3.57. The van der Waals surface area contributed by atoms with Crippen molar-refractivity contribution in [3.63, 3.8) is 0 Å². The van der Waals surface area contributed by atoms with Gasteiger partial charge < -0.3 is 5.32 Å². The topological polar surface area (TPSA) is 90.0 Å². The molecule has 0 unspecified atom stereocenters. The number of halogens is 1. The summed E-state index contributed by atoms with van der Waals surface area (Å²) in [5, 5.41) is 20.0. The molecule has 1 aromatic carbocycles. The van der Waals surface area contributed by atoms with Crippen LogP contribution >= 0.6 is 15.9 Å². The predicted octanol–water partition coefficient (Wildman–Crippen LogP) is 2.86. The SMILES string of the molecule is Cc1nn(-c2ccc3nncn3n2)c2c1[C@H](c1ccccc1Br)CC(=O)N2. The molecule has 134 valence electrons. The Bertz CT molecular complexity index is 1200. The molecule has 27 heavy (non-hydrogen) atoms. The number of nitrogens with zero attached hydrogens (tertiary/aromatic N) is 6. The minimum absolute atomic E-state index is 0.0465. The summed E-state index contributed by atoms with van der Waals surface area (Å²) in [5.74, 6) is 1.12. The molecule has 5 rings (SSSR count). The number of carbonyl (C=O) groups excluding carboxylic acids is 1. The van der Waals surface area contributed by atoms with Crippen molar-refractivity contribution in [3.05, 3.63) is 64.0 Å². The molecule has 9 heteroatoms. The minimum atomic E-state index is -0.0725. The number of benzene rings is 1. The molecular weight excluding hydrogens is 410 g/mol. The summed E-state index contributed by atoms with van der Waals surface area (Å²) >= 11 is 3.61. The van der Waals surface area contributed by atoms with Crippen molar-refractivity contribution >= 4 is 33.3 Å². The standard InChI is InChI=1S/C18H14BrN7O/c1-10-17-12(11-4-2-3-5-13(11)19)8-16(27)21-18(17)26(23-10)15-7-6-14-22-20-9-25(14)24-15/h2-7,9,12H,8H2,1H3,(H,21,27)/t12-/m0/s1. The number of rotatable bonds is 2. The van der Waals surface area contributed by atoms with Crippen LogP contribution in [0.4, 0.5) is 5.82 Å². The summed E-state index contributed by atoms with van der Waals surface area (Å²) in [6.07, 6.45) is 1.91. The van der Waals surface area contributed by atoms with Crippen LogP contribution in [-0.2, 0) is 4.79 Å². The number of fused-ring (bicyclic) bond motifs is 2. The first-order valence-corrected chi connectivity index (χ1v) is 9.22. The van der Waals surface area contributed by atoms with E-state index >= 15 is 0 Å². The Morgan fingerprint density at radius 2 is 2.04 bits per heavy atom. The van der Waals surface area contributed by atoms with Crippen LogP contribution in [0.2, 0.25) is 0 Å². The predicted molar refractivity (Wildman–Crippen MR) is 102 cm³/mol. The van der Waals surface area contributed by atoms with Gasteiger partial charge in [0.2, 0.25) is 5.91 Å². The van der Waals surface area contributed by atoms with Gasteiger partial charge in [-0.1, -0.05) is 34.1 Å². The Morgan fingerprint density at radius 3 is 2.89 bits per heavy atom. The molecule has 1 amide bonds. The Morgan fingerprint density at radius 1 is 1.19 bits per heavy atom. The summed E-state index contributed by atoms with van der Waals surface area (Å²) in [7, 11) is 0. The molecule has 1 N–H and O–H groups in total. The second-order valence-electron chi connectivity index (χ2n) is 6.41. The van der Waals surface area contributed by atoms with Gasteiger partial charge in [-0.3, -0.25) is 4.79 Å². The molecule has 8 nitrogen and oxygen atoms in total. The smallest absolute Gasteiger partial charge is 0.226 e. The highest BCUT2D eigenvalue weighted by Crippen LogP contribution is 2.42. The Kier molecular flexibility index (Phi) is 3.57. The van der Waals surface area contributed by atoms with Gasteiger partial charge >= 0.3 is 0 Å². The Balaban J connectivity index is 1.70. The molecule has 4 aromatic rings. The van der Waals surface area contributed by atoms with E-state index in [2.05, 4.69) is 41.6 Å². The number of hydrogen-bond donors (Lipinski definition) is 1. The fourth-order valence-corrected chi connectivity index (χ4v) is 4.13. The molecule has 0 bridgehead atoms. The van der Waals surface area contributed by atoms with E-state index in [1.54, 1.807) is 9.20 Å². The van der Waals surface area contributed by atoms with Crippen LogP contribution in [0.3, 0.4) is 0 Å². The van der Waals surface area contributed by atoms with Gasteiger partial charge in [-0.15, -0.1) is 15.3 Å². The Hall–Kier alpha value is -3.07.